The SMILES string of the molecule is [NH3+]c1ccccc1[N+](=O)[O-].[O-][Cl+3]([O-])([O-])[O-]. The van der Waals surface area contributed by atoms with Crippen LogP contribution < -0.4 is 24.4 Å². The molecular weight excluding hydrogens is 232 g/mol. The van der Waals surface area contributed by atoms with E-state index < -0.39 is 15.2 Å². The molecule has 0 aromatic heterocycles. The van der Waals surface area contributed by atoms with Gasteiger partial charge in [0.05, 0.1) is 4.92 Å². The smallest absolute Gasteiger partial charge is 0.319 e. The van der Waals surface area contributed by atoms with E-state index >= 15 is 0 Å². The molecule has 0 fully saturated rings. The maximum Gasteiger partial charge on any atom is 0.329 e. The van der Waals surface area contributed by atoms with Crippen molar-refractivity contribution in [2.75, 3.05) is 0 Å². The monoisotopic (exact) mass is 238 g/mol. The van der Waals surface area contributed by atoms with Crippen molar-refractivity contribution >= 4 is 11.4 Å². The molecule has 0 spiro atoms. The quantitative estimate of drug-likeness (QED) is 0.384. The first-order chi connectivity index (χ1) is 6.72. The van der Waals surface area contributed by atoms with Gasteiger partial charge < -0.3 is 5.73 Å². The fourth-order valence-corrected chi connectivity index (χ4v) is 0.689. The van der Waals surface area contributed by atoms with Crippen molar-refractivity contribution in [1.29, 1.82) is 0 Å². The van der Waals surface area contributed by atoms with Crippen LogP contribution in [0.1, 0.15) is 0 Å². The van der Waals surface area contributed by atoms with Gasteiger partial charge in [-0.15, -0.1) is 10.2 Å². The van der Waals surface area contributed by atoms with E-state index in [1.165, 1.54) is 6.07 Å². The second-order valence-corrected chi connectivity index (χ2v) is 3.02. The minimum absolute atomic E-state index is 0.0718. The Bertz CT molecular complexity index is 333. The number of para-hydroxylation sites is 1. The van der Waals surface area contributed by atoms with Crippen LogP contribution in [-0.4, -0.2) is 4.92 Å². The van der Waals surface area contributed by atoms with Gasteiger partial charge in [0.1, 0.15) is 0 Å². The third-order valence-corrected chi connectivity index (χ3v) is 1.19. The van der Waals surface area contributed by atoms with E-state index in [9.17, 15) is 10.1 Å². The van der Waals surface area contributed by atoms with E-state index in [4.69, 9.17) is 18.6 Å². The minimum atomic E-state index is -4.94. The number of hydrogen-bond donors (Lipinski definition) is 1. The van der Waals surface area contributed by atoms with E-state index in [-0.39, 0.29) is 5.69 Å². The number of nitrogens with zero attached hydrogens (tertiary/aromatic N) is 1. The Kier molecular flexibility index (Phi) is 5.08. The second kappa shape index (κ2) is 5.56. The van der Waals surface area contributed by atoms with Crippen molar-refractivity contribution in [3.63, 3.8) is 0 Å². The molecule has 3 N–H and O–H groups in total. The molecule has 0 heterocycles. The Hall–Kier alpha value is -1.29. The van der Waals surface area contributed by atoms with Crippen LogP contribution in [0.2, 0.25) is 0 Å². The lowest BCUT2D eigenvalue weighted by atomic mass is 10.3. The normalized spacial score (nSPS) is 10.2. The van der Waals surface area contributed by atoms with Crippen molar-refractivity contribution in [1.82, 2.24) is 0 Å². The largest absolute Gasteiger partial charge is 0.329 e. The molecule has 0 aliphatic rings. The lowest BCUT2D eigenvalue weighted by molar-refractivity contribution is -2.00. The first kappa shape index (κ1) is 13.7. The number of quaternary nitrogens is 1. The molecule has 0 saturated heterocycles. The molecule has 0 atom stereocenters. The van der Waals surface area contributed by atoms with Crippen molar-refractivity contribution in [3.05, 3.63) is 34.4 Å². The minimum Gasteiger partial charge on any atom is -0.319 e. The van der Waals surface area contributed by atoms with Crippen molar-refractivity contribution < 1.29 is 39.5 Å². The van der Waals surface area contributed by atoms with Crippen molar-refractivity contribution in [2.45, 2.75) is 0 Å². The Morgan fingerprint density at radius 1 is 1.13 bits per heavy atom. The summed E-state index contributed by atoms with van der Waals surface area (Å²) in [5, 5.41) is 10.2. The van der Waals surface area contributed by atoms with Gasteiger partial charge in [-0.1, -0.05) is 12.1 Å². The first-order valence-corrected chi connectivity index (χ1v) is 4.62. The maximum absolute atomic E-state index is 10.2. The van der Waals surface area contributed by atoms with Gasteiger partial charge in [0, 0.05) is 12.1 Å². The zero-order chi connectivity index (χ0) is 12.1. The molecular formula is C6H7ClN2O6. The van der Waals surface area contributed by atoms with E-state index in [0.29, 0.717) is 5.69 Å². The highest BCUT2D eigenvalue weighted by molar-refractivity contribution is 5.50. The molecule has 0 bridgehead atoms. The maximum atomic E-state index is 10.2. The predicted octanol–water partition coefficient (Wildman–Crippen LogP) is -4.29. The summed E-state index contributed by atoms with van der Waals surface area (Å²) in [6, 6.07) is 6.38. The third kappa shape index (κ3) is 7.76. The van der Waals surface area contributed by atoms with Crippen LogP contribution in [0.4, 0.5) is 11.4 Å². The van der Waals surface area contributed by atoms with E-state index in [2.05, 4.69) is 5.73 Å². The highest BCUT2D eigenvalue weighted by Gasteiger charge is 2.10. The van der Waals surface area contributed by atoms with Crippen LogP contribution in [0.5, 0.6) is 0 Å². The molecule has 8 nitrogen and oxygen atoms in total. The highest BCUT2D eigenvalue weighted by atomic mass is 35.7. The number of benzene rings is 1. The van der Waals surface area contributed by atoms with Gasteiger partial charge in [0.25, 0.3) is 0 Å². The van der Waals surface area contributed by atoms with E-state index in [1.807, 2.05) is 0 Å². The summed E-state index contributed by atoms with van der Waals surface area (Å²) in [4.78, 5) is 9.75. The van der Waals surface area contributed by atoms with Crippen LogP contribution in [0, 0.1) is 20.4 Å². The fourth-order valence-electron chi connectivity index (χ4n) is 0.689. The van der Waals surface area contributed by atoms with Gasteiger partial charge in [-0.2, -0.15) is 0 Å². The predicted molar refractivity (Wildman–Crippen MR) is 35.6 cm³/mol. The molecule has 84 valence electrons. The Balaban J connectivity index is 0.000000336. The fraction of sp³-hybridized carbons (Fsp3) is 0. The number of hydrogen-bond acceptors (Lipinski definition) is 6. The van der Waals surface area contributed by atoms with Crippen LogP contribution in [0.15, 0.2) is 24.3 Å². The lowest BCUT2D eigenvalue weighted by Crippen LogP contribution is -2.68. The van der Waals surface area contributed by atoms with Gasteiger partial charge in [0.2, 0.25) is 5.69 Å². The molecule has 0 amide bonds. The number of rotatable bonds is 1. The summed E-state index contributed by atoms with van der Waals surface area (Å²) in [6.07, 6.45) is 0. The summed E-state index contributed by atoms with van der Waals surface area (Å²) in [5.41, 5.74) is 4.02. The van der Waals surface area contributed by atoms with Crippen molar-refractivity contribution in [3.8, 4) is 0 Å². The zero-order valence-corrected chi connectivity index (χ0v) is 8.05. The summed E-state index contributed by atoms with van der Waals surface area (Å²) in [5.74, 6) is 0. The summed E-state index contributed by atoms with van der Waals surface area (Å²) in [7, 11) is -4.94. The first-order valence-electron chi connectivity index (χ1n) is 3.39. The van der Waals surface area contributed by atoms with Gasteiger partial charge >= 0.3 is 5.69 Å². The Labute approximate surface area is 86.1 Å². The van der Waals surface area contributed by atoms with Gasteiger partial charge in [-0.05, 0) is 0 Å². The molecule has 15 heavy (non-hydrogen) atoms. The Morgan fingerprint density at radius 2 is 1.53 bits per heavy atom. The van der Waals surface area contributed by atoms with Crippen molar-refractivity contribution in [2.24, 2.45) is 0 Å². The molecule has 0 radical (unpaired) electrons. The zero-order valence-electron chi connectivity index (χ0n) is 7.29. The lowest BCUT2D eigenvalue weighted by Gasteiger charge is -2.17. The van der Waals surface area contributed by atoms with Crippen LogP contribution >= 0.6 is 0 Å². The number of halogens is 1. The van der Waals surface area contributed by atoms with Gasteiger partial charge in [0.15, 0.2) is 0 Å². The topological polar surface area (TPSA) is 163 Å². The molecule has 0 aliphatic carbocycles. The van der Waals surface area contributed by atoms with E-state index in [1.54, 1.807) is 18.2 Å². The molecule has 1 aromatic carbocycles. The molecule has 1 rings (SSSR count). The van der Waals surface area contributed by atoms with Crippen LogP contribution in [0.25, 0.3) is 0 Å². The van der Waals surface area contributed by atoms with Crippen LogP contribution in [0.3, 0.4) is 0 Å². The summed E-state index contributed by atoms with van der Waals surface area (Å²) < 4.78 is 34.0. The Morgan fingerprint density at radius 3 is 1.80 bits per heavy atom. The standard InChI is InChI=1S/C6H6N2O2.ClHO4/c7-5-3-1-2-4-6(5)8(9)10;2-1(3,4)5/h1-4H,7H2;(H,2,3,4,5). The molecule has 0 aliphatic heterocycles. The van der Waals surface area contributed by atoms with Crippen LogP contribution in [-0.2, 0) is 0 Å². The molecule has 0 saturated carbocycles. The molecule has 9 heteroatoms. The summed E-state index contributed by atoms with van der Waals surface area (Å²) in [6.45, 7) is 0. The molecule has 1 aromatic rings. The van der Waals surface area contributed by atoms with Gasteiger partial charge in [-0.3, -0.25) is 10.1 Å². The molecule has 0 unspecified atom stereocenters. The number of nitro groups is 1. The second-order valence-electron chi connectivity index (χ2n) is 2.26. The average Bonchev–Trinajstić information content (AvgIpc) is 2.01. The average molecular weight is 239 g/mol. The highest BCUT2D eigenvalue weighted by Crippen LogP contribution is 2.16. The summed E-state index contributed by atoms with van der Waals surface area (Å²) >= 11 is 0. The number of nitro benzene ring substituents is 1. The van der Waals surface area contributed by atoms with E-state index in [0.717, 1.165) is 0 Å². The third-order valence-electron chi connectivity index (χ3n) is 1.19. The van der Waals surface area contributed by atoms with Gasteiger partial charge in [-0.25, -0.2) is 18.6 Å².